The maximum Gasteiger partial charge on any atom is 0.308 e. The summed E-state index contributed by atoms with van der Waals surface area (Å²) in [6, 6.07) is -0.843. The van der Waals surface area contributed by atoms with Crippen LogP contribution in [0.25, 0.3) is 0 Å². The zero-order valence-electron chi connectivity index (χ0n) is 11.2. The Kier molecular flexibility index (Phi) is 5.59. The Morgan fingerprint density at radius 3 is 2.39 bits per heavy atom. The Hall–Kier alpha value is -1.10. The number of hydrogen-bond acceptors (Lipinski definition) is 3. The van der Waals surface area contributed by atoms with Crippen LogP contribution in [0.15, 0.2) is 0 Å². The molecule has 0 aromatic rings. The molecule has 0 saturated heterocycles. The second kappa shape index (κ2) is 6.73. The molecule has 0 aromatic carbocycles. The molecule has 3 unspecified atom stereocenters. The van der Waals surface area contributed by atoms with Crippen LogP contribution in [-0.4, -0.2) is 29.1 Å². The van der Waals surface area contributed by atoms with Crippen molar-refractivity contribution in [2.45, 2.75) is 58.0 Å². The van der Waals surface area contributed by atoms with E-state index in [0.29, 0.717) is 6.42 Å². The molecule has 1 amide bonds. The molecule has 0 spiro atoms. The van der Waals surface area contributed by atoms with Gasteiger partial charge in [-0.05, 0) is 18.8 Å². The molecule has 4 N–H and O–H groups in total. The number of carbonyl (C=O) groups excluding carboxylic acids is 1. The van der Waals surface area contributed by atoms with Gasteiger partial charge >= 0.3 is 5.97 Å². The van der Waals surface area contributed by atoms with Crippen molar-refractivity contribution in [1.82, 2.24) is 5.32 Å². The first-order chi connectivity index (χ1) is 8.43. The molecule has 104 valence electrons. The average molecular weight is 256 g/mol. The van der Waals surface area contributed by atoms with E-state index in [9.17, 15) is 14.7 Å². The Balaban J connectivity index is 2.66. The van der Waals surface area contributed by atoms with Crippen LogP contribution in [0, 0.1) is 11.8 Å². The van der Waals surface area contributed by atoms with Gasteiger partial charge in [-0.15, -0.1) is 0 Å². The fraction of sp³-hybridized carbons (Fsp3) is 0.846. The third kappa shape index (κ3) is 3.98. The number of rotatable bonds is 4. The molecule has 18 heavy (non-hydrogen) atoms. The van der Waals surface area contributed by atoms with Crippen molar-refractivity contribution in [3.05, 3.63) is 0 Å². The van der Waals surface area contributed by atoms with Crippen LogP contribution in [0.3, 0.4) is 0 Å². The lowest BCUT2D eigenvalue weighted by Gasteiger charge is -2.25. The highest BCUT2D eigenvalue weighted by Crippen LogP contribution is 2.24. The van der Waals surface area contributed by atoms with E-state index in [2.05, 4.69) is 5.32 Å². The Labute approximate surface area is 108 Å². The van der Waals surface area contributed by atoms with Crippen molar-refractivity contribution < 1.29 is 14.7 Å². The van der Waals surface area contributed by atoms with Crippen LogP contribution < -0.4 is 11.1 Å². The Morgan fingerprint density at radius 2 is 1.83 bits per heavy atom. The van der Waals surface area contributed by atoms with Crippen molar-refractivity contribution in [2.75, 3.05) is 0 Å². The van der Waals surface area contributed by atoms with Gasteiger partial charge in [0.15, 0.2) is 0 Å². The van der Waals surface area contributed by atoms with E-state index >= 15 is 0 Å². The van der Waals surface area contributed by atoms with Crippen molar-refractivity contribution >= 4 is 11.9 Å². The molecule has 0 aliphatic heterocycles. The molecule has 0 heterocycles. The van der Waals surface area contributed by atoms with Gasteiger partial charge in [-0.2, -0.15) is 0 Å². The minimum absolute atomic E-state index is 0.0547. The number of aliphatic carboxylic acids is 1. The van der Waals surface area contributed by atoms with Crippen LogP contribution in [0.1, 0.15) is 46.0 Å². The third-order valence-electron chi connectivity index (χ3n) is 3.68. The summed E-state index contributed by atoms with van der Waals surface area (Å²) in [5, 5.41) is 12.0. The van der Waals surface area contributed by atoms with Crippen LogP contribution in [0.4, 0.5) is 0 Å². The van der Waals surface area contributed by atoms with Gasteiger partial charge in [0.1, 0.15) is 0 Å². The van der Waals surface area contributed by atoms with Crippen LogP contribution in [0.2, 0.25) is 0 Å². The lowest BCUT2D eigenvalue weighted by molar-refractivity contribution is -0.143. The topological polar surface area (TPSA) is 92.4 Å². The monoisotopic (exact) mass is 256 g/mol. The fourth-order valence-electron chi connectivity index (χ4n) is 2.36. The quantitative estimate of drug-likeness (QED) is 0.657. The van der Waals surface area contributed by atoms with E-state index in [1.165, 1.54) is 0 Å². The lowest BCUT2D eigenvalue weighted by atomic mass is 9.94. The molecule has 0 bridgehead atoms. The minimum atomic E-state index is -0.819. The summed E-state index contributed by atoms with van der Waals surface area (Å²) in [6.07, 6.45) is 4.28. The zero-order chi connectivity index (χ0) is 13.7. The first-order valence-electron chi connectivity index (χ1n) is 6.72. The number of hydrogen-bond donors (Lipinski definition) is 3. The van der Waals surface area contributed by atoms with Gasteiger partial charge in [-0.1, -0.05) is 33.1 Å². The number of nitrogens with one attached hydrogen (secondary N) is 1. The van der Waals surface area contributed by atoms with Gasteiger partial charge in [0.25, 0.3) is 0 Å². The Bertz CT molecular complexity index is 305. The maximum absolute atomic E-state index is 11.9. The molecule has 1 rings (SSSR count). The van der Waals surface area contributed by atoms with Gasteiger partial charge in [0.2, 0.25) is 5.91 Å². The molecule has 1 fully saturated rings. The summed E-state index contributed by atoms with van der Waals surface area (Å²) in [4.78, 5) is 23.1. The van der Waals surface area contributed by atoms with Gasteiger partial charge in [-0.25, -0.2) is 0 Å². The van der Waals surface area contributed by atoms with E-state index in [1.807, 2.05) is 13.8 Å². The molecule has 1 aliphatic rings. The van der Waals surface area contributed by atoms with Gasteiger partial charge in [-0.3, -0.25) is 9.59 Å². The number of carboxylic acids is 1. The van der Waals surface area contributed by atoms with Crippen molar-refractivity contribution in [2.24, 2.45) is 17.6 Å². The number of carbonyl (C=O) groups is 2. The molecule has 3 atom stereocenters. The standard InChI is InChI=1S/C13H24N2O3/c1-8(2)11(14)12(16)15-10-7-5-3-4-6-9(10)13(17)18/h8-11H,3-7,14H2,1-2H3,(H,15,16)(H,17,18). The lowest BCUT2D eigenvalue weighted by Crippen LogP contribution is -2.51. The minimum Gasteiger partial charge on any atom is -0.481 e. The van der Waals surface area contributed by atoms with Gasteiger partial charge < -0.3 is 16.2 Å². The van der Waals surface area contributed by atoms with E-state index < -0.39 is 17.9 Å². The van der Waals surface area contributed by atoms with Crippen molar-refractivity contribution in [1.29, 1.82) is 0 Å². The number of amides is 1. The Morgan fingerprint density at radius 1 is 1.22 bits per heavy atom. The largest absolute Gasteiger partial charge is 0.481 e. The van der Waals surface area contributed by atoms with Gasteiger partial charge in [0, 0.05) is 6.04 Å². The molecule has 5 heteroatoms. The average Bonchev–Trinajstić information content (AvgIpc) is 2.53. The zero-order valence-corrected chi connectivity index (χ0v) is 11.2. The van der Waals surface area contributed by atoms with E-state index in [-0.39, 0.29) is 17.9 Å². The highest BCUT2D eigenvalue weighted by molar-refractivity contribution is 5.83. The number of carboxylic acid groups (broad SMARTS) is 1. The summed E-state index contributed by atoms with van der Waals surface area (Å²) in [6.45, 7) is 3.76. The van der Waals surface area contributed by atoms with Crippen LogP contribution >= 0.6 is 0 Å². The van der Waals surface area contributed by atoms with E-state index in [4.69, 9.17) is 5.73 Å². The molecule has 0 aromatic heterocycles. The molecule has 1 aliphatic carbocycles. The smallest absolute Gasteiger partial charge is 0.308 e. The summed E-state index contributed by atoms with van der Waals surface area (Å²) in [7, 11) is 0. The second-order valence-electron chi connectivity index (χ2n) is 5.47. The normalized spacial score (nSPS) is 26.4. The summed E-state index contributed by atoms with van der Waals surface area (Å²) < 4.78 is 0. The first-order valence-corrected chi connectivity index (χ1v) is 6.72. The van der Waals surface area contributed by atoms with E-state index in [0.717, 1.165) is 25.7 Å². The molecule has 0 radical (unpaired) electrons. The van der Waals surface area contributed by atoms with Crippen LogP contribution in [0.5, 0.6) is 0 Å². The number of nitrogens with two attached hydrogens (primary N) is 1. The van der Waals surface area contributed by atoms with Crippen LogP contribution in [-0.2, 0) is 9.59 Å². The molecular formula is C13H24N2O3. The fourth-order valence-corrected chi connectivity index (χ4v) is 2.36. The SMILES string of the molecule is CC(C)C(N)C(=O)NC1CCCCCC1C(=O)O. The summed E-state index contributed by atoms with van der Waals surface area (Å²) in [5.74, 6) is -1.47. The van der Waals surface area contributed by atoms with Crippen molar-refractivity contribution in [3.63, 3.8) is 0 Å². The maximum atomic E-state index is 11.9. The predicted molar refractivity (Wildman–Crippen MR) is 69.0 cm³/mol. The summed E-state index contributed by atoms with van der Waals surface area (Å²) in [5.41, 5.74) is 5.78. The molecule has 5 nitrogen and oxygen atoms in total. The molecule has 1 saturated carbocycles. The predicted octanol–water partition coefficient (Wildman–Crippen LogP) is 1.12. The highest BCUT2D eigenvalue weighted by atomic mass is 16.4. The second-order valence-corrected chi connectivity index (χ2v) is 5.47. The first kappa shape index (κ1) is 15.0. The summed E-state index contributed by atoms with van der Waals surface area (Å²) >= 11 is 0. The van der Waals surface area contributed by atoms with Crippen molar-refractivity contribution in [3.8, 4) is 0 Å². The van der Waals surface area contributed by atoms with E-state index in [1.54, 1.807) is 0 Å². The highest BCUT2D eigenvalue weighted by Gasteiger charge is 2.31. The van der Waals surface area contributed by atoms with Gasteiger partial charge in [0.05, 0.1) is 12.0 Å². The third-order valence-corrected chi connectivity index (χ3v) is 3.68. The molecular weight excluding hydrogens is 232 g/mol.